The molecule has 2 saturated heterocycles. The SMILES string of the molecule is CCN1CCC(Nc2cc(Nc3cccc(Cl)c3)nc3c(/C=C4/NC(=O)NC4=O)cnn23)CC1. The molecule has 4 heterocycles. The van der Waals surface area contributed by atoms with E-state index < -0.39 is 11.9 Å². The van der Waals surface area contributed by atoms with Gasteiger partial charge in [0.25, 0.3) is 5.91 Å². The predicted molar refractivity (Wildman–Crippen MR) is 131 cm³/mol. The summed E-state index contributed by atoms with van der Waals surface area (Å²) < 4.78 is 1.72. The van der Waals surface area contributed by atoms with Crippen LogP contribution in [-0.2, 0) is 4.79 Å². The van der Waals surface area contributed by atoms with Crippen LogP contribution in [0.1, 0.15) is 25.3 Å². The predicted octanol–water partition coefficient (Wildman–Crippen LogP) is 3.20. The zero-order valence-electron chi connectivity index (χ0n) is 18.6. The van der Waals surface area contributed by atoms with Gasteiger partial charge in [0, 0.05) is 41.5 Å². The Labute approximate surface area is 201 Å². The highest BCUT2D eigenvalue weighted by atomic mass is 35.5. The number of amides is 3. The average Bonchev–Trinajstić information content (AvgIpc) is 3.36. The van der Waals surface area contributed by atoms with Crippen LogP contribution in [0.25, 0.3) is 11.7 Å². The molecule has 11 heteroatoms. The van der Waals surface area contributed by atoms with Crippen molar-refractivity contribution in [3.8, 4) is 0 Å². The van der Waals surface area contributed by atoms with Gasteiger partial charge < -0.3 is 20.9 Å². The number of aromatic nitrogens is 3. The molecule has 3 amide bonds. The topological polar surface area (TPSA) is 116 Å². The Bertz CT molecular complexity index is 1280. The second kappa shape index (κ2) is 9.32. The molecule has 2 aromatic heterocycles. The van der Waals surface area contributed by atoms with Crippen LogP contribution in [-0.4, -0.2) is 57.1 Å². The largest absolute Gasteiger partial charge is 0.367 e. The summed E-state index contributed by atoms with van der Waals surface area (Å²) in [5.41, 5.74) is 2.10. The summed E-state index contributed by atoms with van der Waals surface area (Å²) in [5.74, 6) is 0.899. The molecule has 2 aliphatic heterocycles. The first-order chi connectivity index (χ1) is 16.5. The van der Waals surface area contributed by atoms with Crippen molar-refractivity contribution in [3.63, 3.8) is 0 Å². The molecule has 5 rings (SSSR count). The third kappa shape index (κ3) is 4.68. The summed E-state index contributed by atoms with van der Waals surface area (Å²) in [4.78, 5) is 30.7. The number of fused-ring (bicyclic) bond motifs is 1. The lowest BCUT2D eigenvalue weighted by atomic mass is 10.1. The van der Waals surface area contributed by atoms with Gasteiger partial charge in [-0.25, -0.2) is 9.78 Å². The average molecular weight is 481 g/mol. The van der Waals surface area contributed by atoms with Crippen LogP contribution < -0.4 is 21.3 Å². The molecule has 0 spiro atoms. The number of anilines is 3. The summed E-state index contributed by atoms with van der Waals surface area (Å²) in [6.45, 7) is 5.32. The minimum Gasteiger partial charge on any atom is -0.367 e. The van der Waals surface area contributed by atoms with Crippen LogP contribution in [0.2, 0.25) is 5.02 Å². The van der Waals surface area contributed by atoms with Crippen molar-refractivity contribution in [1.82, 2.24) is 30.1 Å². The number of urea groups is 1. The number of likely N-dealkylation sites (tertiary alicyclic amines) is 1. The zero-order chi connectivity index (χ0) is 23.7. The molecule has 10 nitrogen and oxygen atoms in total. The number of carbonyl (C=O) groups excluding carboxylic acids is 2. The van der Waals surface area contributed by atoms with Gasteiger partial charge in [-0.15, -0.1) is 0 Å². The van der Waals surface area contributed by atoms with E-state index in [-0.39, 0.29) is 5.70 Å². The van der Waals surface area contributed by atoms with Gasteiger partial charge in [0.05, 0.1) is 6.20 Å². The Morgan fingerprint density at radius 2 is 2.03 bits per heavy atom. The van der Waals surface area contributed by atoms with E-state index in [4.69, 9.17) is 16.6 Å². The molecule has 1 aromatic carbocycles. The standard InChI is InChI=1S/C23H25ClN8O2/c1-2-31-8-6-16(7-9-31)27-20-12-19(26-17-5-3-4-15(24)11-17)29-21-14(13-25-32(20)21)10-18-22(33)30-23(34)28-18/h3-5,10-13,16,27H,2,6-9H2,1H3,(H,26,29)(H2,28,30,33,34)/b18-10+. The fourth-order valence-electron chi connectivity index (χ4n) is 4.20. The van der Waals surface area contributed by atoms with Crippen molar-refractivity contribution in [1.29, 1.82) is 0 Å². The fourth-order valence-corrected chi connectivity index (χ4v) is 4.39. The Hall–Kier alpha value is -3.63. The summed E-state index contributed by atoms with van der Waals surface area (Å²) in [5, 5.41) is 16.8. The van der Waals surface area contributed by atoms with E-state index in [9.17, 15) is 9.59 Å². The van der Waals surface area contributed by atoms with Gasteiger partial charge >= 0.3 is 6.03 Å². The molecule has 0 aliphatic carbocycles. The fraction of sp³-hybridized carbons (Fsp3) is 0.304. The van der Waals surface area contributed by atoms with E-state index >= 15 is 0 Å². The molecule has 0 atom stereocenters. The number of nitrogens with zero attached hydrogens (tertiary/aromatic N) is 4. The summed E-state index contributed by atoms with van der Waals surface area (Å²) in [6.07, 6.45) is 5.25. The third-order valence-electron chi connectivity index (χ3n) is 6.00. The monoisotopic (exact) mass is 480 g/mol. The van der Waals surface area contributed by atoms with Gasteiger partial charge in [-0.2, -0.15) is 9.61 Å². The van der Waals surface area contributed by atoms with E-state index in [0.29, 0.717) is 28.1 Å². The van der Waals surface area contributed by atoms with E-state index in [2.05, 4.69) is 38.2 Å². The maximum absolute atomic E-state index is 12.0. The van der Waals surface area contributed by atoms with E-state index in [1.165, 1.54) is 0 Å². The summed E-state index contributed by atoms with van der Waals surface area (Å²) >= 11 is 6.15. The normalized spacial score (nSPS) is 18.4. The number of piperidine rings is 1. The number of imide groups is 1. The Balaban J connectivity index is 1.51. The second-order valence-electron chi connectivity index (χ2n) is 8.32. The maximum atomic E-state index is 12.0. The van der Waals surface area contributed by atoms with Crippen molar-refractivity contribution < 1.29 is 9.59 Å². The molecule has 3 aromatic rings. The number of halogens is 1. The van der Waals surface area contributed by atoms with Crippen molar-refractivity contribution >= 4 is 52.6 Å². The molecule has 0 saturated carbocycles. The number of rotatable bonds is 6. The van der Waals surface area contributed by atoms with E-state index in [1.54, 1.807) is 22.9 Å². The highest BCUT2D eigenvalue weighted by Gasteiger charge is 2.24. The second-order valence-corrected chi connectivity index (χ2v) is 8.75. The molecule has 4 N–H and O–H groups in total. The van der Waals surface area contributed by atoms with Gasteiger partial charge in [-0.3, -0.25) is 10.1 Å². The number of carbonyl (C=O) groups is 2. The quantitative estimate of drug-likeness (QED) is 0.316. The lowest BCUT2D eigenvalue weighted by molar-refractivity contribution is -0.115. The lowest BCUT2D eigenvalue weighted by Crippen LogP contribution is -2.39. The van der Waals surface area contributed by atoms with E-state index in [1.807, 2.05) is 24.3 Å². The van der Waals surface area contributed by atoms with Crippen molar-refractivity contribution in [2.24, 2.45) is 0 Å². The molecule has 34 heavy (non-hydrogen) atoms. The molecule has 2 aliphatic rings. The molecule has 0 bridgehead atoms. The Morgan fingerprint density at radius 3 is 2.74 bits per heavy atom. The third-order valence-corrected chi connectivity index (χ3v) is 6.24. The highest BCUT2D eigenvalue weighted by molar-refractivity contribution is 6.30. The molecule has 176 valence electrons. The smallest absolute Gasteiger partial charge is 0.326 e. The van der Waals surface area contributed by atoms with Crippen LogP contribution in [0.3, 0.4) is 0 Å². The number of nitrogens with one attached hydrogen (secondary N) is 4. The molecule has 0 radical (unpaired) electrons. The molecule has 2 fully saturated rings. The van der Waals surface area contributed by atoms with Crippen LogP contribution >= 0.6 is 11.6 Å². The number of hydrogen-bond donors (Lipinski definition) is 4. The molecule has 0 unspecified atom stereocenters. The van der Waals surface area contributed by atoms with Gasteiger partial charge in [-0.05, 0) is 43.7 Å². The van der Waals surface area contributed by atoms with E-state index in [0.717, 1.165) is 44.0 Å². The Morgan fingerprint density at radius 1 is 1.21 bits per heavy atom. The number of hydrogen-bond acceptors (Lipinski definition) is 7. The van der Waals surface area contributed by atoms with Crippen molar-refractivity contribution in [2.75, 3.05) is 30.3 Å². The zero-order valence-corrected chi connectivity index (χ0v) is 19.4. The van der Waals surface area contributed by atoms with Crippen molar-refractivity contribution in [3.05, 3.63) is 52.8 Å². The lowest BCUT2D eigenvalue weighted by Gasteiger charge is -2.32. The van der Waals surface area contributed by atoms with Crippen LogP contribution in [0.5, 0.6) is 0 Å². The minimum atomic E-state index is -0.551. The summed E-state index contributed by atoms with van der Waals surface area (Å²) in [6, 6.07) is 9.06. The maximum Gasteiger partial charge on any atom is 0.326 e. The van der Waals surface area contributed by atoms with Crippen LogP contribution in [0, 0.1) is 0 Å². The minimum absolute atomic E-state index is 0.149. The first kappa shape index (κ1) is 22.2. The molecular weight excluding hydrogens is 456 g/mol. The van der Waals surface area contributed by atoms with Crippen molar-refractivity contribution in [2.45, 2.75) is 25.8 Å². The van der Waals surface area contributed by atoms with Crippen LogP contribution in [0.15, 0.2) is 42.2 Å². The highest BCUT2D eigenvalue weighted by Crippen LogP contribution is 2.26. The van der Waals surface area contributed by atoms with Crippen LogP contribution in [0.4, 0.5) is 22.1 Å². The van der Waals surface area contributed by atoms with Gasteiger partial charge in [0.1, 0.15) is 17.3 Å². The molecular formula is C23H25ClN8O2. The van der Waals surface area contributed by atoms with Gasteiger partial charge in [-0.1, -0.05) is 24.6 Å². The van der Waals surface area contributed by atoms with Gasteiger partial charge in [0.2, 0.25) is 0 Å². The van der Waals surface area contributed by atoms with Gasteiger partial charge in [0.15, 0.2) is 5.65 Å². The Kier molecular flexibility index (Phi) is 6.08. The summed E-state index contributed by atoms with van der Waals surface area (Å²) in [7, 11) is 0. The first-order valence-corrected chi connectivity index (χ1v) is 11.6. The first-order valence-electron chi connectivity index (χ1n) is 11.2. The number of benzene rings is 1.